The maximum atomic E-state index is 3.63. The summed E-state index contributed by atoms with van der Waals surface area (Å²) in [6.07, 6.45) is 5.29. The first kappa shape index (κ1) is 13.5. The predicted molar refractivity (Wildman–Crippen MR) is 70.8 cm³/mol. The van der Waals surface area contributed by atoms with Crippen LogP contribution < -0.4 is 5.32 Å². The smallest absolute Gasteiger partial charge is 0.0133 e. The van der Waals surface area contributed by atoms with Crippen molar-refractivity contribution in [1.82, 2.24) is 10.2 Å². The van der Waals surface area contributed by atoms with Gasteiger partial charge in [0.15, 0.2) is 0 Å². The number of nitrogens with one attached hydrogen (secondary N) is 1. The van der Waals surface area contributed by atoms with Crippen molar-refractivity contribution in [3.8, 4) is 0 Å². The fourth-order valence-electron chi connectivity index (χ4n) is 2.06. The second-order valence-corrected chi connectivity index (χ2v) is 5.94. The van der Waals surface area contributed by atoms with Crippen LogP contribution in [0.2, 0.25) is 0 Å². The Hall–Kier alpha value is 0.400. The van der Waals surface area contributed by atoms with Gasteiger partial charge in [-0.2, -0.15) is 0 Å². The molecule has 0 spiro atoms. The van der Waals surface area contributed by atoms with Crippen LogP contribution in [-0.2, 0) is 0 Å². The predicted octanol–water partition coefficient (Wildman–Crippen LogP) is 2.63. The Morgan fingerprint density at radius 3 is 2.53 bits per heavy atom. The summed E-state index contributed by atoms with van der Waals surface area (Å²) < 4.78 is 0. The number of alkyl halides is 1. The van der Waals surface area contributed by atoms with E-state index in [-0.39, 0.29) is 5.54 Å². The molecule has 2 nitrogen and oxygen atoms in total. The molecule has 0 radical (unpaired) electrons. The van der Waals surface area contributed by atoms with E-state index >= 15 is 0 Å². The Labute approximate surface area is 103 Å². The van der Waals surface area contributed by atoms with E-state index in [4.69, 9.17) is 0 Å². The highest BCUT2D eigenvalue weighted by molar-refractivity contribution is 9.09. The molecule has 0 aromatic heterocycles. The summed E-state index contributed by atoms with van der Waals surface area (Å²) in [5, 5.41) is 4.71. The van der Waals surface area contributed by atoms with E-state index in [1.165, 1.54) is 45.3 Å². The minimum atomic E-state index is 0.286. The van der Waals surface area contributed by atoms with E-state index in [2.05, 4.69) is 40.0 Å². The van der Waals surface area contributed by atoms with Crippen molar-refractivity contribution in [3.05, 3.63) is 0 Å². The second-order valence-electron chi connectivity index (χ2n) is 5.15. The molecule has 0 bridgehead atoms. The number of hydrogen-bond donors (Lipinski definition) is 1. The largest absolute Gasteiger partial charge is 0.312 e. The van der Waals surface area contributed by atoms with Crippen LogP contribution in [0, 0.1) is 0 Å². The summed E-state index contributed by atoms with van der Waals surface area (Å²) in [4.78, 5) is 2.58. The van der Waals surface area contributed by atoms with Gasteiger partial charge in [0.2, 0.25) is 0 Å². The van der Waals surface area contributed by atoms with Gasteiger partial charge < -0.3 is 10.2 Å². The van der Waals surface area contributed by atoms with Crippen molar-refractivity contribution in [3.63, 3.8) is 0 Å². The molecule has 0 unspecified atom stereocenters. The molecule has 1 fully saturated rings. The minimum absolute atomic E-state index is 0.286. The van der Waals surface area contributed by atoms with E-state index in [9.17, 15) is 0 Å². The van der Waals surface area contributed by atoms with E-state index in [1.807, 2.05) is 0 Å². The van der Waals surface area contributed by atoms with Crippen LogP contribution in [0.15, 0.2) is 0 Å². The zero-order valence-electron chi connectivity index (χ0n) is 10.2. The third-order valence-electron chi connectivity index (χ3n) is 3.17. The summed E-state index contributed by atoms with van der Waals surface area (Å²) in [6.45, 7) is 9.64. The molecular formula is C12H25BrN2. The van der Waals surface area contributed by atoms with Crippen molar-refractivity contribution in [1.29, 1.82) is 0 Å². The van der Waals surface area contributed by atoms with Gasteiger partial charge in [-0.25, -0.2) is 0 Å². The third-order valence-corrected chi connectivity index (χ3v) is 3.57. The lowest BCUT2D eigenvalue weighted by Gasteiger charge is -2.26. The molecular weight excluding hydrogens is 252 g/mol. The average Bonchev–Trinajstić information content (AvgIpc) is 2.65. The van der Waals surface area contributed by atoms with Gasteiger partial charge in [-0.1, -0.05) is 15.9 Å². The first-order chi connectivity index (χ1) is 7.14. The summed E-state index contributed by atoms with van der Waals surface area (Å²) >= 11 is 3.50. The van der Waals surface area contributed by atoms with Gasteiger partial charge in [0, 0.05) is 10.9 Å². The fourth-order valence-corrected chi connectivity index (χ4v) is 3.05. The summed E-state index contributed by atoms with van der Waals surface area (Å²) in [5.41, 5.74) is 0.286. The van der Waals surface area contributed by atoms with Crippen LogP contribution in [0.3, 0.4) is 0 Å². The molecule has 0 aromatic rings. The average molecular weight is 277 g/mol. The lowest BCUT2D eigenvalue weighted by Crippen LogP contribution is -2.41. The lowest BCUT2D eigenvalue weighted by atomic mass is 10.0. The lowest BCUT2D eigenvalue weighted by molar-refractivity contribution is 0.312. The van der Waals surface area contributed by atoms with Crippen molar-refractivity contribution in [2.75, 3.05) is 31.5 Å². The maximum Gasteiger partial charge on any atom is 0.0133 e. The zero-order valence-corrected chi connectivity index (χ0v) is 11.8. The Morgan fingerprint density at radius 1 is 1.27 bits per heavy atom. The molecule has 0 atom stereocenters. The highest BCUT2D eigenvalue weighted by Gasteiger charge is 2.15. The Bertz CT molecular complexity index is 165. The highest BCUT2D eigenvalue weighted by atomic mass is 79.9. The number of halogens is 1. The van der Waals surface area contributed by atoms with Gasteiger partial charge in [0.1, 0.15) is 0 Å². The topological polar surface area (TPSA) is 15.3 Å². The normalized spacial score (nSPS) is 18.6. The molecule has 1 N–H and O–H groups in total. The summed E-state index contributed by atoms with van der Waals surface area (Å²) in [5.74, 6) is 0. The van der Waals surface area contributed by atoms with E-state index in [0.29, 0.717) is 0 Å². The molecule has 15 heavy (non-hydrogen) atoms. The van der Waals surface area contributed by atoms with Crippen molar-refractivity contribution >= 4 is 15.9 Å². The molecule has 0 saturated carbocycles. The number of hydrogen-bond acceptors (Lipinski definition) is 2. The van der Waals surface area contributed by atoms with Gasteiger partial charge in [0.25, 0.3) is 0 Å². The first-order valence-corrected chi connectivity index (χ1v) is 7.29. The monoisotopic (exact) mass is 276 g/mol. The Balaban J connectivity index is 2.00. The Morgan fingerprint density at radius 2 is 1.93 bits per heavy atom. The molecule has 0 aliphatic carbocycles. The molecule has 1 saturated heterocycles. The van der Waals surface area contributed by atoms with Gasteiger partial charge >= 0.3 is 0 Å². The molecule has 1 aliphatic rings. The van der Waals surface area contributed by atoms with E-state index in [1.54, 1.807) is 0 Å². The van der Waals surface area contributed by atoms with Crippen LogP contribution in [0.5, 0.6) is 0 Å². The van der Waals surface area contributed by atoms with Crippen molar-refractivity contribution < 1.29 is 0 Å². The van der Waals surface area contributed by atoms with Crippen LogP contribution in [-0.4, -0.2) is 41.9 Å². The van der Waals surface area contributed by atoms with Gasteiger partial charge in [-0.3, -0.25) is 0 Å². The minimum Gasteiger partial charge on any atom is -0.312 e. The number of likely N-dealkylation sites (tertiary alicyclic amines) is 1. The summed E-state index contributed by atoms with van der Waals surface area (Å²) in [6, 6.07) is 0. The molecule has 3 heteroatoms. The van der Waals surface area contributed by atoms with Crippen LogP contribution in [0.4, 0.5) is 0 Å². The highest BCUT2D eigenvalue weighted by Crippen LogP contribution is 2.10. The molecule has 0 aromatic carbocycles. The standard InChI is InChI=1S/C12H25BrN2/c1-12(2,6-7-13)14-8-5-11-15-9-3-4-10-15/h14H,3-11H2,1-2H3. The second kappa shape index (κ2) is 6.87. The molecule has 1 heterocycles. The maximum absolute atomic E-state index is 3.63. The zero-order chi connectivity index (χ0) is 11.1. The van der Waals surface area contributed by atoms with Gasteiger partial charge in [-0.05, 0) is 65.7 Å². The van der Waals surface area contributed by atoms with Crippen LogP contribution in [0.1, 0.15) is 39.5 Å². The van der Waals surface area contributed by atoms with E-state index < -0.39 is 0 Å². The van der Waals surface area contributed by atoms with Crippen molar-refractivity contribution in [2.24, 2.45) is 0 Å². The van der Waals surface area contributed by atoms with E-state index in [0.717, 1.165) is 11.9 Å². The van der Waals surface area contributed by atoms with Gasteiger partial charge in [0.05, 0.1) is 0 Å². The quantitative estimate of drug-likeness (QED) is 0.568. The third kappa shape index (κ3) is 5.88. The molecule has 0 amide bonds. The first-order valence-electron chi connectivity index (χ1n) is 6.17. The van der Waals surface area contributed by atoms with Crippen LogP contribution >= 0.6 is 15.9 Å². The van der Waals surface area contributed by atoms with Crippen molar-refractivity contribution in [2.45, 2.75) is 45.1 Å². The van der Waals surface area contributed by atoms with Crippen LogP contribution in [0.25, 0.3) is 0 Å². The SMILES string of the molecule is CC(C)(CCBr)NCCCN1CCCC1. The molecule has 1 aliphatic heterocycles. The number of nitrogens with zero attached hydrogens (tertiary/aromatic N) is 1. The Kier molecular flexibility index (Phi) is 6.17. The molecule has 1 rings (SSSR count). The number of rotatable bonds is 7. The summed E-state index contributed by atoms with van der Waals surface area (Å²) in [7, 11) is 0. The molecule has 90 valence electrons. The fraction of sp³-hybridized carbons (Fsp3) is 1.00. The van der Waals surface area contributed by atoms with Gasteiger partial charge in [-0.15, -0.1) is 0 Å².